The molecular formula is C9H13BrN2S. The summed E-state index contributed by atoms with van der Waals surface area (Å²) < 4.78 is 1.15. The number of rotatable bonds is 3. The van der Waals surface area contributed by atoms with Gasteiger partial charge in [-0.05, 0) is 34.8 Å². The molecule has 2 nitrogen and oxygen atoms in total. The maximum absolute atomic E-state index is 6.04. The molecule has 0 aliphatic heterocycles. The number of anilines is 1. The Morgan fingerprint density at radius 2 is 2.38 bits per heavy atom. The van der Waals surface area contributed by atoms with Crippen LogP contribution < -0.4 is 10.6 Å². The lowest BCUT2D eigenvalue weighted by atomic mass is 10.3. The molecule has 0 unspecified atom stereocenters. The van der Waals surface area contributed by atoms with Crippen LogP contribution in [0.5, 0.6) is 0 Å². The third-order valence-corrected chi connectivity index (χ3v) is 4.18. The van der Waals surface area contributed by atoms with Gasteiger partial charge in [-0.3, -0.25) is 0 Å². The van der Waals surface area contributed by atoms with Gasteiger partial charge in [0, 0.05) is 29.0 Å². The highest BCUT2D eigenvalue weighted by Crippen LogP contribution is 2.35. The first-order valence-corrected chi connectivity index (χ1v) is 6.00. The molecule has 0 spiro atoms. The molecule has 0 radical (unpaired) electrons. The van der Waals surface area contributed by atoms with Gasteiger partial charge in [0.25, 0.3) is 0 Å². The predicted molar refractivity (Wildman–Crippen MR) is 61.4 cm³/mol. The minimum atomic E-state index is 0.102. The Hall–Kier alpha value is -0.0600. The van der Waals surface area contributed by atoms with Crippen molar-refractivity contribution in [2.24, 2.45) is 5.73 Å². The highest BCUT2D eigenvalue weighted by atomic mass is 79.9. The Morgan fingerprint density at radius 1 is 1.69 bits per heavy atom. The molecule has 0 bridgehead atoms. The largest absolute Gasteiger partial charge is 0.365 e. The SMILES string of the molecule is CN(CC1(N)CC1)c1cc(Br)cs1. The molecule has 2 N–H and O–H groups in total. The van der Waals surface area contributed by atoms with E-state index < -0.39 is 0 Å². The summed E-state index contributed by atoms with van der Waals surface area (Å²) in [6.45, 7) is 0.972. The summed E-state index contributed by atoms with van der Waals surface area (Å²) in [7, 11) is 2.10. The molecule has 0 amide bonds. The number of hydrogen-bond donors (Lipinski definition) is 1. The van der Waals surface area contributed by atoms with Gasteiger partial charge in [-0.1, -0.05) is 0 Å². The maximum atomic E-state index is 6.04. The third kappa shape index (κ3) is 2.24. The molecule has 4 heteroatoms. The third-order valence-electron chi connectivity index (χ3n) is 2.37. The molecule has 1 aliphatic rings. The number of likely N-dealkylation sites (N-methyl/N-ethyl adjacent to an activating group) is 1. The average molecular weight is 261 g/mol. The molecule has 1 aliphatic carbocycles. The van der Waals surface area contributed by atoms with Crippen molar-refractivity contribution in [2.75, 3.05) is 18.5 Å². The molecule has 1 heterocycles. The van der Waals surface area contributed by atoms with E-state index in [0.717, 1.165) is 11.0 Å². The second kappa shape index (κ2) is 3.26. The first-order valence-electron chi connectivity index (χ1n) is 4.33. The fourth-order valence-electron chi connectivity index (χ4n) is 1.37. The van der Waals surface area contributed by atoms with E-state index in [1.807, 2.05) is 0 Å². The summed E-state index contributed by atoms with van der Waals surface area (Å²) >= 11 is 5.20. The average Bonchev–Trinajstić information content (AvgIpc) is 2.62. The molecule has 13 heavy (non-hydrogen) atoms. The summed E-state index contributed by atoms with van der Waals surface area (Å²) in [6, 6.07) is 2.14. The van der Waals surface area contributed by atoms with E-state index in [1.165, 1.54) is 17.8 Å². The van der Waals surface area contributed by atoms with Gasteiger partial charge in [0.2, 0.25) is 0 Å². The number of nitrogens with two attached hydrogens (primary N) is 1. The Bertz CT molecular complexity index is 306. The zero-order valence-corrected chi connectivity index (χ0v) is 9.99. The minimum absolute atomic E-state index is 0.102. The van der Waals surface area contributed by atoms with Gasteiger partial charge in [-0.15, -0.1) is 11.3 Å². The van der Waals surface area contributed by atoms with Gasteiger partial charge in [0.15, 0.2) is 0 Å². The van der Waals surface area contributed by atoms with E-state index >= 15 is 0 Å². The molecule has 0 saturated heterocycles. The highest BCUT2D eigenvalue weighted by molar-refractivity contribution is 9.10. The Balaban J connectivity index is 2.00. The number of thiophene rings is 1. The van der Waals surface area contributed by atoms with Crippen molar-refractivity contribution in [1.82, 2.24) is 0 Å². The van der Waals surface area contributed by atoms with E-state index in [2.05, 4.69) is 39.3 Å². The first kappa shape index (κ1) is 9.49. The van der Waals surface area contributed by atoms with Gasteiger partial charge in [0.05, 0.1) is 5.00 Å². The zero-order chi connectivity index (χ0) is 9.47. The normalized spacial score (nSPS) is 18.7. The molecular weight excluding hydrogens is 248 g/mol. The molecule has 1 fully saturated rings. The van der Waals surface area contributed by atoms with Crippen LogP contribution >= 0.6 is 27.3 Å². The number of hydrogen-bond acceptors (Lipinski definition) is 3. The van der Waals surface area contributed by atoms with E-state index in [4.69, 9.17) is 5.73 Å². The van der Waals surface area contributed by atoms with Crippen LogP contribution in [0.3, 0.4) is 0 Å². The molecule has 72 valence electrons. The summed E-state index contributed by atoms with van der Waals surface area (Å²) in [5.41, 5.74) is 6.15. The molecule has 0 aromatic carbocycles. The van der Waals surface area contributed by atoms with E-state index in [9.17, 15) is 0 Å². The number of nitrogens with zero attached hydrogens (tertiary/aromatic N) is 1. The summed E-state index contributed by atoms with van der Waals surface area (Å²) in [5, 5.41) is 3.38. The summed E-state index contributed by atoms with van der Waals surface area (Å²) in [6.07, 6.45) is 2.34. The first-order chi connectivity index (χ1) is 6.09. The van der Waals surface area contributed by atoms with Crippen molar-refractivity contribution in [3.8, 4) is 0 Å². The quantitative estimate of drug-likeness (QED) is 0.905. The van der Waals surface area contributed by atoms with Gasteiger partial charge >= 0.3 is 0 Å². The zero-order valence-electron chi connectivity index (χ0n) is 7.59. The van der Waals surface area contributed by atoms with Crippen LogP contribution in [0.25, 0.3) is 0 Å². The van der Waals surface area contributed by atoms with E-state index in [0.29, 0.717) is 0 Å². The van der Waals surface area contributed by atoms with Crippen molar-refractivity contribution in [3.63, 3.8) is 0 Å². The Labute approximate surface area is 90.9 Å². The molecule has 1 aromatic heterocycles. The van der Waals surface area contributed by atoms with Gasteiger partial charge in [0.1, 0.15) is 0 Å². The second-order valence-electron chi connectivity index (χ2n) is 3.82. The Kier molecular flexibility index (Phi) is 2.38. The lowest BCUT2D eigenvalue weighted by molar-refractivity contribution is 0.663. The van der Waals surface area contributed by atoms with Crippen molar-refractivity contribution in [3.05, 3.63) is 15.9 Å². The van der Waals surface area contributed by atoms with Crippen molar-refractivity contribution in [1.29, 1.82) is 0 Å². The van der Waals surface area contributed by atoms with E-state index in [1.54, 1.807) is 11.3 Å². The highest BCUT2D eigenvalue weighted by Gasteiger charge is 2.39. The van der Waals surface area contributed by atoms with Gasteiger partial charge in [-0.2, -0.15) is 0 Å². The van der Waals surface area contributed by atoms with Gasteiger partial charge in [-0.25, -0.2) is 0 Å². The van der Waals surface area contributed by atoms with Crippen LogP contribution in [0.4, 0.5) is 5.00 Å². The van der Waals surface area contributed by atoms with Crippen LogP contribution in [0, 0.1) is 0 Å². The van der Waals surface area contributed by atoms with Crippen LogP contribution in [-0.4, -0.2) is 19.1 Å². The topological polar surface area (TPSA) is 29.3 Å². The molecule has 1 aromatic rings. The van der Waals surface area contributed by atoms with Crippen LogP contribution in [-0.2, 0) is 0 Å². The standard InChI is InChI=1S/C9H13BrN2S/c1-12(6-9(11)2-3-9)8-4-7(10)5-13-8/h4-5H,2-3,6,11H2,1H3. The molecule has 2 rings (SSSR count). The fraction of sp³-hybridized carbons (Fsp3) is 0.556. The molecule has 1 saturated carbocycles. The minimum Gasteiger partial charge on any atom is -0.365 e. The van der Waals surface area contributed by atoms with Crippen LogP contribution in [0.15, 0.2) is 15.9 Å². The van der Waals surface area contributed by atoms with Crippen molar-refractivity contribution >= 4 is 32.3 Å². The van der Waals surface area contributed by atoms with E-state index in [-0.39, 0.29) is 5.54 Å². The lowest BCUT2D eigenvalue weighted by Crippen LogP contribution is -2.36. The van der Waals surface area contributed by atoms with Crippen molar-refractivity contribution in [2.45, 2.75) is 18.4 Å². The molecule has 0 atom stereocenters. The van der Waals surface area contributed by atoms with Crippen LogP contribution in [0.1, 0.15) is 12.8 Å². The second-order valence-corrected chi connectivity index (χ2v) is 5.63. The van der Waals surface area contributed by atoms with Crippen molar-refractivity contribution < 1.29 is 0 Å². The van der Waals surface area contributed by atoms with Gasteiger partial charge < -0.3 is 10.6 Å². The smallest absolute Gasteiger partial charge is 0.0918 e. The predicted octanol–water partition coefficient (Wildman–Crippen LogP) is 2.44. The monoisotopic (exact) mass is 260 g/mol. The fourth-order valence-corrected chi connectivity index (χ4v) is 2.76. The Morgan fingerprint density at radius 3 is 2.85 bits per heavy atom. The summed E-state index contributed by atoms with van der Waals surface area (Å²) in [5.74, 6) is 0. The van der Waals surface area contributed by atoms with Crippen LogP contribution in [0.2, 0.25) is 0 Å². The number of halogens is 1. The summed E-state index contributed by atoms with van der Waals surface area (Å²) in [4.78, 5) is 2.24. The maximum Gasteiger partial charge on any atom is 0.0918 e. The lowest BCUT2D eigenvalue weighted by Gasteiger charge is -2.20.